The number of para-hydroxylation sites is 2. The van der Waals surface area contributed by atoms with Crippen molar-refractivity contribution in [3.05, 3.63) is 59.1 Å². The van der Waals surface area contributed by atoms with E-state index in [9.17, 15) is 18.0 Å². The first-order valence-electron chi connectivity index (χ1n) is 12.1. The maximum absolute atomic E-state index is 13.4. The van der Waals surface area contributed by atoms with E-state index in [2.05, 4.69) is 5.32 Å². The van der Waals surface area contributed by atoms with Gasteiger partial charge in [0.1, 0.15) is 11.8 Å². The summed E-state index contributed by atoms with van der Waals surface area (Å²) in [4.78, 5) is 27.7. The summed E-state index contributed by atoms with van der Waals surface area (Å²) in [7, 11) is -3.63. The summed E-state index contributed by atoms with van der Waals surface area (Å²) in [6.07, 6.45) is 1.88. The van der Waals surface area contributed by atoms with Crippen molar-refractivity contribution < 1.29 is 22.7 Å². The van der Waals surface area contributed by atoms with E-state index in [0.29, 0.717) is 36.0 Å². The van der Waals surface area contributed by atoms with Crippen molar-refractivity contribution in [1.82, 2.24) is 10.2 Å². The van der Waals surface area contributed by atoms with Gasteiger partial charge in [0.2, 0.25) is 21.8 Å². The van der Waals surface area contributed by atoms with Crippen LogP contribution >= 0.6 is 11.6 Å². The Labute approximate surface area is 219 Å². The van der Waals surface area contributed by atoms with Gasteiger partial charge in [0.25, 0.3) is 0 Å². The molecule has 0 bridgehead atoms. The van der Waals surface area contributed by atoms with Gasteiger partial charge in [-0.1, -0.05) is 48.9 Å². The molecule has 0 fully saturated rings. The second kappa shape index (κ2) is 14.1. The smallest absolute Gasteiger partial charge is 0.242 e. The second-order valence-corrected chi connectivity index (χ2v) is 10.6. The summed E-state index contributed by atoms with van der Waals surface area (Å²) in [6.45, 7) is 6.61. The van der Waals surface area contributed by atoms with E-state index in [0.717, 1.165) is 11.8 Å². The number of likely N-dealkylation sites (N-methyl/N-ethyl adjacent to an activating group) is 1. The highest BCUT2D eigenvalue weighted by atomic mass is 35.5. The van der Waals surface area contributed by atoms with Crippen LogP contribution in [0.15, 0.2) is 48.5 Å². The standard InChI is InChI=1S/C26H36ClN3O5S/c1-5-22(26(32)28-6-2)29(19-20-13-8-9-14-21(20)27)25(31)17-12-18-30(36(4,33)34)23-15-10-11-16-24(23)35-7-3/h8-11,13-16,22H,5-7,12,17-19H2,1-4H3,(H,28,32)/t22-/m1/s1. The Morgan fingerprint density at radius 1 is 1.06 bits per heavy atom. The number of anilines is 1. The van der Waals surface area contributed by atoms with Crippen LogP contribution in [0.2, 0.25) is 5.02 Å². The van der Waals surface area contributed by atoms with Gasteiger partial charge in [0, 0.05) is 31.1 Å². The molecule has 36 heavy (non-hydrogen) atoms. The van der Waals surface area contributed by atoms with Crippen molar-refractivity contribution in [1.29, 1.82) is 0 Å². The highest BCUT2D eigenvalue weighted by molar-refractivity contribution is 7.92. The third-order valence-electron chi connectivity index (χ3n) is 5.62. The van der Waals surface area contributed by atoms with Crippen LogP contribution in [0.5, 0.6) is 5.75 Å². The molecule has 0 aliphatic carbocycles. The first-order chi connectivity index (χ1) is 17.1. The van der Waals surface area contributed by atoms with Crippen LogP contribution in [-0.4, -0.2) is 57.1 Å². The van der Waals surface area contributed by atoms with Crippen molar-refractivity contribution >= 4 is 39.1 Å². The Morgan fingerprint density at radius 2 is 1.72 bits per heavy atom. The highest BCUT2D eigenvalue weighted by Gasteiger charge is 2.29. The zero-order valence-corrected chi connectivity index (χ0v) is 22.9. The van der Waals surface area contributed by atoms with Crippen LogP contribution in [-0.2, 0) is 26.2 Å². The molecule has 2 aromatic rings. The highest BCUT2D eigenvalue weighted by Crippen LogP contribution is 2.30. The minimum atomic E-state index is -3.63. The number of hydrogen-bond donors (Lipinski definition) is 1. The Kier molecular flexibility index (Phi) is 11.5. The number of nitrogens with one attached hydrogen (secondary N) is 1. The summed E-state index contributed by atoms with van der Waals surface area (Å²) >= 11 is 6.34. The molecule has 198 valence electrons. The Morgan fingerprint density at radius 3 is 2.33 bits per heavy atom. The molecule has 0 saturated carbocycles. The van der Waals surface area contributed by atoms with E-state index in [1.165, 1.54) is 9.21 Å². The van der Waals surface area contributed by atoms with Gasteiger partial charge in [-0.05, 0) is 50.5 Å². The van der Waals surface area contributed by atoms with E-state index < -0.39 is 16.1 Å². The predicted octanol–water partition coefficient (Wildman–Crippen LogP) is 4.23. The van der Waals surface area contributed by atoms with Gasteiger partial charge in [0.05, 0.1) is 18.6 Å². The average Bonchev–Trinajstić information content (AvgIpc) is 2.83. The molecule has 8 nitrogen and oxygen atoms in total. The summed E-state index contributed by atoms with van der Waals surface area (Å²) < 4.78 is 32.1. The quantitative estimate of drug-likeness (QED) is 0.389. The van der Waals surface area contributed by atoms with Gasteiger partial charge in [0.15, 0.2) is 0 Å². The Balaban J connectivity index is 2.25. The van der Waals surface area contributed by atoms with Gasteiger partial charge in [-0.3, -0.25) is 13.9 Å². The van der Waals surface area contributed by atoms with Gasteiger partial charge < -0.3 is 15.0 Å². The third kappa shape index (κ3) is 8.13. The van der Waals surface area contributed by atoms with Crippen LogP contribution in [0.25, 0.3) is 0 Å². The molecule has 2 aromatic carbocycles. The number of ether oxygens (including phenoxy) is 1. The van der Waals surface area contributed by atoms with Gasteiger partial charge in [-0.2, -0.15) is 0 Å². The van der Waals surface area contributed by atoms with Crippen LogP contribution < -0.4 is 14.4 Å². The van der Waals surface area contributed by atoms with Gasteiger partial charge in [-0.15, -0.1) is 0 Å². The van der Waals surface area contributed by atoms with E-state index >= 15 is 0 Å². The lowest BCUT2D eigenvalue weighted by Crippen LogP contribution is -2.49. The van der Waals surface area contributed by atoms with Crippen LogP contribution in [0.3, 0.4) is 0 Å². The van der Waals surface area contributed by atoms with Crippen molar-refractivity contribution in [3.8, 4) is 5.75 Å². The molecule has 0 spiro atoms. The first-order valence-corrected chi connectivity index (χ1v) is 14.4. The largest absolute Gasteiger partial charge is 0.492 e. The summed E-state index contributed by atoms with van der Waals surface area (Å²) in [6, 6.07) is 13.4. The zero-order chi connectivity index (χ0) is 26.7. The molecule has 0 aliphatic rings. The number of carbonyl (C=O) groups is 2. The predicted molar refractivity (Wildman–Crippen MR) is 144 cm³/mol. The number of rotatable bonds is 14. The number of carbonyl (C=O) groups excluding carboxylic acids is 2. The lowest BCUT2D eigenvalue weighted by Gasteiger charge is -2.31. The second-order valence-electron chi connectivity index (χ2n) is 8.27. The molecule has 2 amide bonds. The normalized spacial score (nSPS) is 12.0. The fraction of sp³-hybridized carbons (Fsp3) is 0.462. The molecule has 0 aromatic heterocycles. The van der Waals surface area contributed by atoms with Crippen molar-refractivity contribution in [2.24, 2.45) is 0 Å². The van der Waals surface area contributed by atoms with Crippen LogP contribution in [0, 0.1) is 0 Å². The van der Waals surface area contributed by atoms with Crippen molar-refractivity contribution in [2.45, 2.75) is 52.6 Å². The van der Waals surface area contributed by atoms with Gasteiger partial charge in [-0.25, -0.2) is 8.42 Å². The minimum absolute atomic E-state index is 0.0587. The van der Waals surface area contributed by atoms with Crippen molar-refractivity contribution in [2.75, 3.05) is 30.3 Å². The minimum Gasteiger partial charge on any atom is -0.492 e. The topological polar surface area (TPSA) is 96.0 Å². The number of halogens is 1. The summed E-state index contributed by atoms with van der Waals surface area (Å²) in [5.41, 5.74) is 1.16. The van der Waals surface area contributed by atoms with E-state index in [4.69, 9.17) is 16.3 Å². The molecule has 0 saturated heterocycles. The maximum Gasteiger partial charge on any atom is 0.242 e. The first kappa shape index (κ1) is 29.5. The zero-order valence-electron chi connectivity index (χ0n) is 21.4. The molecule has 0 heterocycles. The van der Waals surface area contributed by atoms with Gasteiger partial charge >= 0.3 is 0 Å². The number of benzene rings is 2. The number of nitrogens with zero attached hydrogens (tertiary/aromatic N) is 2. The third-order valence-corrected chi connectivity index (χ3v) is 7.17. The van der Waals surface area contributed by atoms with E-state index in [1.54, 1.807) is 36.4 Å². The molecule has 2 rings (SSSR count). The molecule has 0 aliphatic heterocycles. The van der Waals surface area contributed by atoms with Crippen molar-refractivity contribution in [3.63, 3.8) is 0 Å². The molecule has 1 atom stereocenters. The monoisotopic (exact) mass is 537 g/mol. The number of hydrogen-bond acceptors (Lipinski definition) is 5. The van der Waals surface area contributed by atoms with E-state index in [-0.39, 0.29) is 37.7 Å². The number of amides is 2. The lowest BCUT2D eigenvalue weighted by atomic mass is 10.1. The van der Waals surface area contributed by atoms with Crippen LogP contribution in [0.4, 0.5) is 5.69 Å². The fourth-order valence-corrected chi connectivity index (χ4v) is 5.11. The molecule has 10 heteroatoms. The number of sulfonamides is 1. The summed E-state index contributed by atoms with van der Waals surface area (Å²) in [5.74, 6) is -0.0252. The summed E-state index contributed by atoms with van der Waals surface area (Å²) in [5, 5.41) is 3.31. The fourth-order valence-electron chi connectivity index (χ4n) is 3.94. The average molecular weight is 538 g/mol. The lowest BCUT2D eigenvalue weighted by molar-refractivity contribution is -0.141. The molecule has 1 N–H and O–H groups in total. The Hall–Kier alpha value is -2.78. The molecular weight excluding hydrogens is 502 g/mol. The molecular formula is C26H36ClN3O5S. The maximum atomic E-state index is 13.4. The van der Waals surface area contributed by atoms with E-state index in [1.807, 2.05) is 32.9 Å². The SMILES string of the molecule is CCNC(=O)[C@@H](CC)N(Cc1ccccc1Cl)C(=O)CCCN(c1ccccc1OCC)S(C)(=O)=O. The van der Waals surface area contributed by atoms with Crippen LogP contribution in [0.1, 0.15) is 45.6 Å². The molecule has 0 unspecified atom stereocenters. The molecule has 0 radical (unpaired) electrons. The Bertz CT molecular complexity index is 1130.